The minimum Gasteiger partial charge on any atom is -0.489 e. The molecule has 0 aliphatic rings. The summed E-state index contributed by atoms with van der Waals surface area (Å²) < 4.78 is 12.0. The average molecular weight is 339 g/mol. The Kier molecular flexibility index (Phi) is 4.41. The lowest BCUT2D eigenvalue weighted by Gasteiger charge is -2.13. The molecule has 1 aromatic carbocycles. The number of hydrogen-bond acceptors (Lipinski definition) is 6. The van der Waals surface area contributed by atoms with Gasteiger partial charge in [0.05, 0.1) is 7.11 Å². The topological polar surface area (TPSA) is 82.3 Å². The van der Waals surface area contributed by atoms with Crippen LogP contribution < -0.4 is 20.7 Å². The zero-order valence-corrected chi connectivity index (χ0v) is 13.0. The molecule has 1 aromatic heterocycles. The van der Waals surface area contributed by atoms with E-state index in [9.17, 15) is 0 Å². The molecule has 0 radical (unpaired) electrons. The minimum absolute atomic E-state index is 0.302. The molecule has 20 heavy (non-hydrogen) atoms. The first kappa shape index (κ1) is 14.5. The number of aryl methyl sites for hydroxylation is 2. The van der Waals surface area contributed by atoms with Crippen molar-refractivity contribution >= 4 is 21.7 Å². The molecule has 1 heterocycles. The van der Waals surface area contributed by atoms with Crippen LogP contribution >= 0.6 is 15.9 Å². The fraction of sp³-hybridized carbons (Fsp3) is 0.231. The third-order valence-corrected chi connectivity index (χ3v) is 3.99. The molecule has 0 unspecified atom stereocenters. The van der Waals surface area contributed by atoms with Crippen molar-refractivity contribution in [3.63, 3.8) is 0 Å². The minimum atomic E-state index is 0.302. The second-order valence-electron chi connectivity index (χ2n) is 4.18. The standard InChI is InChI=1S/C13H15BrN4O2/c1-7-4-9(5-8(2)10(7)14)20-13-11(19-3)12(18-15)16-6-17-13/h4-6H,15H2,1-3H3,(H,16,17,18). The van der Waals surface area contributed by atoms with E-state index in [-0.39, 0.29) is 0 Å². The number of benzene rings is 1. The lowest BCUT2D eigenvalue weighted by Crippen LogP contribution is -2.11. The van der Waals surface area contributed by atoms with Crippen LogP contribution in [0.2, 0.25) is 0 Å². The summed E-state index contributed by atoms with van der Waals surface area (Å²) in [6.45, 7) is 3.99. The normalized spacial score (nSPS) is 10.2. The smallest absolute Gasteiger partial charge is 0.268 e. The van der Waals surface area contributed by atoms with Crippen LogP contribution in [0.5, 0.6) is 17.4 Å². The van der Waals surface area contributed by atoms with Crippen molar-refractivity contribution < 1.29 is 9.47 Å². The summed E-state index contributed by atoms with van der Waals surface area (Å²) in [6, 6.07) is 3.82. The number of nitrogens with one attached hydrogen (secondary N) is 1. The second-order valence-corrected chi connectivity index (χ2v) is 4.97. The number of hydrogen-bond donors (Lipinski definition) is 2. The van der Waals surface area contributed by atoms with Crippen LogP contribution in [-0.2, 0) is 0 Å². The zero-order chi connectivity index (χ0) is 14.7. The van der Waals surface area contributed by atoms with E-state index in [2.05, 4.69) is 31.3 Å². The molecule has 0 saturated heterocycles. The van der Waals surface area contributed by atoms with Gasteiger partial charge in [-0.1, -0.05) is 15.9 Å². The quantitative estimate of drug-likeness (QED) is 0.658. The van der Waals surface area contributed by atoms with Gasteiger partial charge in [-0.25, -0.2) is 10.8 Å². The molecule has 2 aromatic rings. The van der Waals surface area contributed by atoms with Gasteiger partial charge in [0.2, 0.25) is 5.75 Å². The summed E-state index contributed by atoms with van der Waals surface area (Å²) in [4.78, 5) is 8.03. The van der Waals surface area contributed by atoms with Crippen LogP contribution in [0.3, 0.4) is 0 Å². The van der Waals surface area contributed by atoms with Crippen molar-refractivity contribution in [1.82, 2.24) is 9.97 Å². The maximum Gasteiger partial charge on any atom is 0.268 e. The Morgan fingerprint density at radius 1 is 1.20 bits per heavy atom. The van der Waals surface area contributed by atoms with Crippen molar-refractivity contribution in [2.24, 2.45) is 5.84 Å². The Morgan fingerprint density at radius 2 is 1.85 bits per heavy atom. The van der Waals surface area contributed by atoms with Crippen molar-refractivity contribution in [2.45, 2.75) is 13.8 Å². The van der Waals surface area contributed by atoms with Gasteiger partial charge in [0.1, 0.15) is 12.1 Å². The van der Waals surface area contributed by atoms with Crippen molar-refractivity contribution in [3.05, 3.63) is 34.1 Å². The monoisotopic (exact) mass is 338 g/mol. The molecule has 7 heteroatoms. The van der Waals surface area contributed by atoms with Gasteiger partial charge in [0, 0.05) is 4.47 Å². The van der Waals surface area contributed by atoms with Crippen LogP contribution in [0.4, 0.5) is 5.82 Å². The number of ether oxygens (including phenoxy) is 2. The number of anilines is 1. The van der Waals surface area contributed by atoms with E-state index in [0.29, 0.717) is 23.2 Å². The molecule has 0 bridgehead atoms. The lowest BCUT2D eigenvalue weighted by atomic mass is 10.1. The lowest BCUT2D eigenvalue weighted by molar-refractivity contribution is 0.369. The summed E-state index contributed by atoms with van der Waals surface area (Å²) in [5, 5.41) is 0. The van der Waals surface area contributed by atoms with Crippen LogP contribution in [0.1, 0.15) is 11.1 Å². The Balaban J connectivity index is 2.40. The Morgan fingerprint density at radius 3 is 2.40 bits per heavy atom. The first-order valence-corrected chi connectivity index (χ1v) is 6.66. The van der Waals surface area contributed by atoms with Gasteiger partial charge in [-0.3, -0.25) is 0 Å². The number of methoxy groups -OCH3 is 1. The third-order valence-electron chi connectivity index (χ3n) is 2.74. The predicted octanol–water partition coefficient (Wildman–Crippen LogP) is 2.94. The molecular formula is C13H15BrN4O2. The van der Waals surface area contributed by atoms with Crippen LogP contribution in [0.25, 0.3) is 0 Å². The average Bonchev–Trinajstić information content (AvgIpc) is 2.44. The maximum absolute atomic E-state index is 5.77. The fourth-order valence-electron chi connectivity index (χ4n) is 1.79. The number of nitrogens with zero attached hydrogens (tertiary/aromatic N) is 2. The number of nitrogen functional groups attached to an aromatic ring is 1. The van der Waals surface area contributed by atoms with Crippen molar-refractivity contribution in [3.8, 4) is 17.4 Å². The van der Waals surface area contributed by atoms with Gasteiger partial charge < -0.3 is 14.9 Å². The van der Waals surface area contributed by atoms with Gasteiger partial charge in [-0.15, -0.1) is 0 Å². The van der Waals surface area contributed by atoms with E-state index in [0.717, 1.165) is 15.6 Å². The van der Waals surface area contributed by atoms with E-state index in [1.165, 1.54) is 13.4 Å². The molecule has 0 aliphatic heterocycles. The predicted molar refractivity (Wildman–Crippen MR) is 80.1 cm³/mol. The number of halogens is 1. The molecule has 0 spiro atoms. The molecule has 3 N–H and O–H groups in total. The van der Waals surface area contributed by atoms with Crippen molar-refractivity contribution in [2.75, 3.05) is 12.5 Å². The molecule has 0 amide bonds. The van der Waals surface area contributed by atoms with Gasteiger partial charge in [-0.05, 0) is 37.1 Å². The van der Waals surface area contributed by atoms with E-state index in [1.807, 2.05) is 26.0 Å². The first-order chi connectivity index (χ1) is 9.56. The zero-order valence-electron chi connectivity index (χ0n) is 11.4. The summed E-state index contributed by atoms with van der Waals surface area (Å²) in [5.41, 5.74) is 4.59. The number of aromatic nitrogens is 2. The first-order valence-electron chi connectivity index (χ1n) is 5.87. The van der Waals surface area contributed by atoms with Crippen LogP contribution in [0, 0.1) is 13.8 Å². The summed E-state index contributed by atoms with van der Waals surface area (Å²) in [7, 11) is 1.50. The summed E-state index contributed by atoms with van der Waals surface area (Å²) in [6.07, 6.45) is 1.35. The fourth-order valence-corrected chi connectivity index (χ4v) is 2.02. The molecule has 0 aliphatic carbocycles. The molecule has 106 valence electrons. The number of hydrazine groups is 1. The van der Waals surface area contributed by atoms with Crippen LogP contribution in [-0.4, -0.2) is 17.1 Å². The highest BCUT2D eigenvalue weighted by atomic mass is 79.9. The van der Waals surface area contributed by atoms with E-state index in [1.54, 1.807) is 0 Å². The molecule has 0 fully saturated rings. The Hall–Kier alpha value is -1.86. The van der Waals surface area contributed by atoms with Gasteiger partial charge in [0.15, 0.2) is 5.82 Å². The van der Waals surface area contributed by atoms with E-state index in [4.69, 9.17) is 15.3 Å². The van der Waals surface area contributed by atoms with Crippen molar-refractivity contribution in [1.29, 1.82) is 0 Å². The second kappa shape index (κ2) is 6.06. The largest absolute Gasteiger partial charge is 0.489 e. The SMILES string of the molecule is COc1c(NN)ncnc1Oc1cc(C)c(Br)c(C)c1. The molecule has 0 atom stereocenters. The highest BCUT2D eigenvalue weighted by Gasteiger charge is 2.14. The Bertz CT molecular complexity index is 611. The van der Waals surface area contributed by atoms with Gasteiger partial charge in [0.25, 0.3) is 5.88 Å². The van der Waals surface area contributed by atoms with E-state index >= 15 is 0 Å². The summed E-state index contributed by atoms with van der Waals surface area (Å²) >= 11 is 3.52. The maximum atomic E-state index is 5.77. The molecular weight excluding hydrogens is 324 g/mol. The Labute approximate surface area is 125 Å². The van der Waals surface area contributed by atoms with Gasteiger partial charge in [-0.2, -0.15) is 4.98 Å². The summed E-state index contributed by atoms with van der Waals surface area (Å²) in [5.74, 6) is 7.07. The van der Waals surface area contributed by atoms with Crippen LogP contribution in [0.15, 0.2) is 22.9 Å². The number of nitrogens with two attached hydrogens (primary N) is 1. The molecule has 2 rings (SSSR count). The number of rotatable bonds is 4. The molecule has 0 saturated carbocycles. The third kappa shape index (κ3) is 2.83. The molecule has 6 nitrogen and oxygen atoms in total. The highest BCUT2D eigenvalue weighted by molar-refractivity contribution is 9.10. The van der Waals surface area contributed by atoms with E-state index < -0.39 is 0 Å². The van der Waals surface area contributed by atoms with Gasteiger partial charge >= 0.3 is 0 Å². The highest BCUT2D eigenvalue weighted by Crippen LogP contribution is 2.35.